The van der Waals surface area contributed by atoms with Crippen molar-refractivity contribution in [2.75, 3.05) is 0 Å². The van der Waals surface area contributed by atoms with Gasteiger partial charge in [-0.05, 0) is 48.9 Å². The Morgan fingerprint density at radius 1 is 1.18 bits per heavy atom. The maximum absolute atomic E-state index is 13.0. The summed E-state index contributed by atoms with van der Waals surface area (Å²) in [5.74, 6) is 1.43. The van der Waals surface area contributed by atoms with Gasteiger partial charge in [0.05, 0.1) is 6.04 Å². The first kappa shape index (κ1) is 13.6. The van der Waals surface area contributed by atoms with Crippen LogP contribution in [0.1, 0.15) is 59.7 Å². The third kappa shape index (κ3) is 2.25. The quantitative estimate of drug-likeness (QED) is 0.849. The van der Waals surface area contributed by atoms with E-state index in [1.54, 1.807) is 0 Å². The number of carbonyl (C=O) groups excluding carboxylic acids is 1. The predicted molar refractivity (Wildman–Crippen MR) is 84.8 cm³/mol. The normalized spacial score (nSPS) is 20.0. The Labute approximate surface area is 130 Å². The lowest BCUT2D eigenvalue weighted by Gasteiger charge is -2.29. The van der Waals surface area contributed by atoms with Crippen molar-refractivity contribution in [1.82, 2.24) is 4.90 Å². The highest BCUT2D eigenvalue weighted by molar-refractivity contribution is 5.92. The smallest absolute Gasteiger partial charge is 0.290 e. The molecule has 0 N–H and O–H groups in total. The fourth-order valence-electron chi connectivity index (χ4n) is 3.55. The first-order valence-corrected chi connectivity index (χ1v) is 8.27. The number of amides is 1. The van der Waals surface area contributed by atoms with Crippen LogP contribution in [0, 0.1) is 0 Å². The molecule has 3 heteroatoms. The molecule has 1 aromatic carbocycles. The number of nitrogens with zero attached hydrogens (tertiary/aromatic N) is 1. The molecule has 0 aliphatic heterocycles. The van der Waals surface area contributed by atoms with Gasteiger partial charge in [0, 0.05) is 12.5 Å². The number of aryl methyl sites for hydroxylation is 2. The van der Waals surface area contributed by atoms with Crippen molar-refractivity contribution < 1.29 is 9.21 Å². The number of hydrogen-bond acceptors (Lipinski definition) is 2. The molecule has 1 atom stereocenters. The molecule has 2 aliphatic rings. The Hall–Kier alpha value is -2.03. The second kappa shape index (κ2) is 5.31. The molecule has 0 radical (unpaired) electrons. The summed E-state index contributed by atoms with van der Waals surface area (Å²) in [5, 5.41) is 0. The topological polar surface area (TPSA) is 33.5 Å². The van der Waals surface area contributed by atoms with E-state index in [4.69, 9.17) is 4.42 Å². The monoisotopic (exact) mass is 295 g/mol. The van der Waals surface area contributed by atoms with Crippen LogP contribution in [0.2, 0.25) is 0 Å². The molecule has 2 aromatic rings. The highest BCUT2D eigenvalue weighted by Gasteiger charge is 2.41. The maximum Gasteiger partial charge on any atom is 0.290 e. The molecule has 0 saturated heterocycles. The highest BCUT2D eigenvalue weighted by Crippen LogP contribution is 2.42. The van der Waals surface area contributed by atoms with E-state index in [1.807, 2.05) is 19.1 Å². The van der Waals surface area contributed by atoms with Crippen molar-refractivity contribution in [2.24, 2.45) is 0 Å². The second-order valence-corrected chi connectivity index (χ2v) is 6.32. The minimum atomic E-state index is 0.0592. The molecule has 1 amide bonds. The van der Waals surface area contributed by atoms with E-state index in [0.29, 0.717) is 11.8 Å². The van der Waals surface area contributed by atoms with Crippen LogP contribution in [0.4, 0.5) is 0 Å². The number of furan rings is 1. The minimum absolute atomic E-state index is 0.0592. The lowest BCUT2D eigenvalue weighted by molar-refractivity contribution is 0.0623. The number of carbonyl (C=O) groups is 1. The largest absolute Gasteiger partial charge is 0.456 e. The van der Waals surface area contributed by atoms with E-state index in [1.165, 1.54) is 11.1 Å². The van der Waals surface area contributed by atoms with E-state index >= 15 is 0 Å². The Balaban J connectivity index is 1.66. The zero-order valence-corrected chi connectivity index (χ0v) is 12.9. The summed E-state index contributed by atoms with van der Waals surface area (Å²) in [6.07, 6.45) is 5.15. The Bertz CT molecular complexity index is 699. The number of rotatable bonds is 4. The van der Waals surface area contributed by atoms with Crippen LogP contribution in [0.25, 0.3) is 0 Å². The van der Waals surface area contributed by atoms with Crippen molar-refractivity contribution in [1.29, 1.82) is 0 Å². The number of fused-ring (bicyclic) bond motifs is 1. The molecule has 1 fully saturated rings. The first-order valence-electron chi connectivity index (χ1n) is 8.27. The molecular weight excluding hydrogens is 274 g/mol. The van der Waals surface area contributed by atoms with Crippen molar-refractivity contribution in [3.05, 3.63) is 59.0 Å². The molecule has 22 heavy (non-hydrogen) atoms. The van der Waals surface area contributed by atoms with E-state index in [0.717, 1.165) is 37.9 Å². The van der Waals surface area contributed by atoms with Crippen LogP contribution < -0.4 is 0 Å². The molecule has 1 unspecified atom stereocenters. The van der Waals surface area contributed by atoms with Crippen LogP contribution in [0.5, 0.6) is 0 Å². The SMILES string of the molecule is CCc1ccc(C(=O)N(C2CC2)C2CCc3ccccc32)o1. The van der Waals surface area contributed by atoms with Gasteiger partial charge in [0.15, 0.2) is 5.76 Å². The molecule has 1 aromatic heterocycles. The third-order valence-electron chi connectivity index (χ3n) is 4.83. The maximum atomic E-state index is 13.0. The van der Waals surface area contributed by atoms with Crippen LogP contribution in [-0.4, -0.2) is 16.8 Å². The lowest BCUT2D eigenvalue weighted by atomic mass is 10.1. The van der Waals surface area contributed by atoms with E-state index in [2.05, 4.69) is 29.2 Å². The Morgan fingerprint density at radius 2 is 2.00 bits per heavy atom. The third-order valence-corrected chi connectivity index (χ3v) is 4.83. The minimum Gasteiger partial charge on any atom is -0.456 e. The average Bonchev–Trinajstić information content (AvgIpc) is 3.11. The molecule has 3 nitrogen and oxygen atoms in total. The van der Waals surface area contributed by atoms with Crippen LogP contribution in [0.3, 0.4) is 0 Å². The summed E-state index contributed by atoms with van der Waals surface area (Å²) in [5.41, 5.74) is 2.71. The fraction of sp³-hybridized carbons (Fsp3) is 0.421. The fourth-order valence-corrected chi connectivity index (χ4v) is 3.55. The van der Waals surface area contributed by atoms with E-state index < -0.39 is 0 Å². The van der Waals surface area contributed by atoms with Gasteiger partial charge >= 0.3 is 0 Å². The van der Waals surface area contributed by atoms with Crippen molar-refractivity contribution >= 4 is 5.91 Å². The Kier molecular flexibility index (Phi) is 3.29. The lowest BCUT2D eigenvalue weighted by Crippen LogP contribution is -2.35. The zero-order chi connectivity index (χ0) is 15.1. The van der Waals surface area contributed by atoms with Gasteiger partial charge in [0.25, 0.3) is 5.91 Å². The van der Waals surface area contributed by atoms with Crippen molar-refractivity contribution in [3.8, 4) is 0 Å². The van der Waals surface area contributed by atoms with Gasteiger partial charge in [-0.2, -0.15) is 0 Å². The number of hydrogen-bond donors (Lipinski definition) is 0. The molecular formula is C19H21NO2. The summed E-state index contributed by atoms with van der Waals surface area (Å²) in [4.78, 5) is 15.1. The molecule has 1 saturated carbocycles. The molecule has 4 rings (SSSR count). The standard InChI is InChI=1S/C19H21NO2/c1-2-15-10-12-18(22-15)19(21)20(14-8-9-14)17-11-7-13-5-3-4-6-16(13)17/h3-6,10,12,14,17H,2,7-9,11H2,1H3. The predicted octanol–water partition coefficient (Wildman–Crippen LogP) is 4.13. The van der Waals surface area contributed by atoms with Gasteiger partial charge in [0.2, 0.25) is 0 Å². The van der Waals surface area contributed by atoms with Gasteiger partial charge in [0.1, 0.15) is 5.76 Å². The van der Waals surface area contributed by atoms with Crippen LogP contribution >= 0.6 is 0 Å². The first-order chi connectivity index (χ1) is 10.8. The van der Waals surface area contributed by atoms with Gasteiger partial charge in [-0.1, -0.05) is 31.2 Å². The molecule has 114 valence electrons. The van der Waals surface area contributed by atoms with Crippen molar-refractivity contribution in [3.63, 3.8) is 0 Å². The van der Waals surface area contributed by atoms with Gasteiger partial charge in [-0.3, -0.25) is 4.79 Å². The van der Waals surface area contributed by atoms with Gasteiger partial charge < -0.3 is 9.32 Å². The highest BCUT2D eigenvalue weighted by atomic mass is 16.4. The molecule has 0 spiro atoms. The second-order valence-electron chi connectivity index (χ2n) is 6.32. The summed E-state index contributed by atoms with van der Waals surface area (Å²) in [7, 11) is 0. The van der Waals surface area contributed by atoms with Crippen molar-refractivity contribution in [2.45, 2.75) is 51.1 Å². The van der Waals surface area contributed by atoms with Crippen LogP contribution in [-0.2, 0) is 12.8 Å². The number of benzene rings is 1. The zero-order valence-electron chi connectivity index (χ0n) is 12.9. The molecule has 1 heterocycles. The van der Waals surface area contributed by atoms with Gasteiger partial charge in [-0.15, -0.1) is 0 Å². The summed E-state index contributed by atoms with van der Waals surface area (Å²) in [6, 6.07) is 12.9. The van der Waals surface area contributed by atoms with Crippen LogP contribution in [0.15, 0.2) is 40.8 Å². The summed E-state index contributed by atoms with van der Waals surface area (Å²) in [6.45, 7) is 2.04. The van der Waals surface area contributed by atoms with Gasteiger partial charge in [-0.25, -0.2) is 0 Å². The van der Waals surface area contributed by atoms with E-state index in [-0.39, 0.29) is 11.9 Å². The summed E-state index contributed by atoms with van der Waals surface area (Å²) < 4.78 is 5.71. The van der Waals surface area contributed by atoms with E-state index in [9.17, 15) is 4.79 Å². The molecule has 2 aliphatic carbocycles. The summed E-state index contributed by atoms with van der Waals surface area (Å²) >= 11 is 0. The Morgan fingerprint density at radius 3 is 2.73 bits per heavy atom. The molecule has 0 bridgehead atoms. The average molecular weight is 295 g/mol.